The molecule has 2 aromatic rings. The lowest BCUT2D eigenvalue weighted by Crippen LogP contribution is -2.23. The summed E-state index contributed by atoms with van der Waals surface area (Å²) in [4.78, 5) is 16.2. The van der Waals surface area contributed by atoms with Crippen LogP contribution < -0.4 is 5.32 Å². The van der Waals surface area contributed by atoms with Crippen molar-refractivity contribution >= 4 is 23.4 Å². The summed E-state index contributed by atoms with van der Waals surface area (Å²) < 4.78 is 38.4. The Hall–Kier alpha value is -2.03. The highest BCUT2D eigenvalue weighted by Crippen LogP contribution is 2.32. The van der Waals surface area contributed by atoms with Gasteiger partial charge in [-0.3, -0.25) is 9.78 Å². The first-order valence-electron chi connectivity index (χ1n) is 7.80. The van der Waals surface area contributed by atoms with Crippen LogP contribution in [-0.2, 0) is 11.2 Å². The lowest BCUT2D eigenvalue weighted by atomic mass is 10.2. The number of pyridine rings is 1. The number of hydrogen-bond acceptors (Lipinski definition) is 4. The standard InChI is InChI=1S/C16H19F3N4OS/c1-3-5-13-14(9-23(22-13)12-6-4-7-20-8-12)21-15(24)11(2)10-25-16(17,18)19/h4,6-9,11H,3,5,10H2,1-2H3,(H,21,24). The third kappa shape index (κ3) is 5.77. The van der Waals surface area contributed by atoms with Crippen molar-refractivity contribution < 1.29 is 18.0 Å². The number of aromatic nitrogens is 3. The van der Waals surface area contributed by atoms with E-state index in [2.05, 4.69) is 15.4 Å². The zero-order chi connectivity index (χ0) is 18.4. The average molecular weight is 372 g/mol. The average Bonchev–Trinajstić information content (AvgIpc) is 2.96. The zero-order valence-corrected chi connectivity index (χ0v) is 14.7. The molecule has 0 fully saturated rings. The lowest BCUT2D eigenvalue weighted by Gasteiger charge is -2.12. The van der Waals surface area contributed by atoms with Crippen molar-refractivity contribution in [3.8, 4) is 5.69 Å². The van der Waals surface area contributed by atoms with E-state index in [1.54, 1.807) is 29.3 Å². The maximum atomic E-state index is 12.3. The Morgan fingerprint density at radius 3 is 2.80 bits per heavy atom. The monoisotopic (exact) mass is 372 g/mol. The van der Waals surface area contributed by atoms with E-state index in [0.29, 0.717) is 17.8 Å². The molecule has 0 spiro atoms. The van der Waals surface area contributed by atoms with E-state index in [-0.39, 0.29) is 17.5 Å². The molecule has 25 heavy (non-hydrogen) atoms. The fourth-order valence-corrected chi connectivity index (χ4v) is 2.70. The lowest BCUT2D eigenvalue weighted by molar-refractivity contribution is -0.118. The van der Waals surface area contributed by atoms with E-state index in [1.165, 1.54) is 6.92 Å². The summed E-state index contributed by atoms with van der Waals surface area (Å²) in [6, 6.07) is 3.59. The van der Waals surface area contributed by atoms with E-state index < -0.39 is 17.3 Å². The summed E-state index contributed by atoms with van der Waals surface area (Å²) in [5.41, 5.74) is -2.40. The van der Waals surface area contributed by atoms with Crippen LogP contribution in [0.25, 0.3) is 5.69 Å². The number of amides is 1. The molecule has 1 unspecified atom stereocenters. The Bertz CT molecular complexity index is 703. The van der Waals surface area contributed by atoms with Crippen LogP contribution in [0, 0.1) is 5.92 Å². The number of thioether (sulfide) groups is 1. The smallest absolute Gasteiger partial charge is 0.323 e. The van der Waals surface area contributed by atoms with Crippen LogP contribution in [0.2, 0.25) is 0 Å². The Kier molecular flexibility index (Phi) is 6.46. The van der Waals surface area contributed by atoms with Gasteiger partial charge in [0, 0.05) is 17.9 Å². The number of carbonyl (C=O) groups is 1. The molecule has 0 saturated heterocycles. The van der Waals surface area contributed by atoms with Crippen LogP contribution in [0.3, 0.4) is 0 Å². The molecular weight excluding hydrogens is 353 g/mol. The molecule has 0 radical (unpaired) electrons. The maximum absolute atomic E-state index is 12.3. The summed E-state index contributed by atoms with van der Waals surface area (Å²) in [6.45, 7) is 3.45. The number of carbonyl (C=O) groups excluding carboxylic acids is 1. The van der Waals surface area contributed by atoms with Crippen LogP contribution in [0.15, 0.2) is 30.7 Å². The fourth-order valence-electron chi connectivity index (χ4n) is 2.11. The summed E-state index contributed by atoms with van der Waals surface area (Å²) in [6.07, 6.45) is 6.41. The van der Waals surface area contributed by atoms with Gasteiger partial charge in [0.1, 0.15) is 0 Å². The zero-order valence-electron chi connectivity index (χ0n) is 13.9. The number of aryl methyl sites for hydroxylation is 1. The minimum Gasteiger partial charge on any atom is -0.323 e. The molecule has 2 heterocycles. The van der Waals surface area contributed by atoms with Gasteiger partial charge in [-0.15, -0.1) is 0 Å². The number of nitrogens with zero attached hydrogens (tertiary/aromatic N) is 3. The predicted octanol–water partition coefficient (Wildman–Crippen LogP) is 4.05. The Labute approximate surface area is 148 Å². The van der Waals surface area contributed by atoms with Gasteiger partial charge in [0.25, 0.3) is 0 Å². The summed E-state index contributed by atoms with van der Waals surface area (Å²) >= 11 is -0.193. The van der Waals surface area contributed by atoms with Gasteiger partial charge in [-0.2, -0.15) is 18.3 Å². The molecule has 9 heteroatoms. The number of anilines is 1. The number of hydrogen-bond donors (Lipinski definition) is 1. The second-order valence-corrected chi connectivity index (χ2v) is 6.63. The third-order valence-corrected chi connectivity index (χ3v) is 4.38. The van der Waals surface area contributed by atoms with E-state index in [1.807, 2.05) is 13.0 Å². The maximum Gasteiger partial charge on any atom is 0.441 e. The Morgan fingerprint density at radius 2 is 2.20 bits per heavy atom. The second kappa shape index (κ2) is 8.37. The number of nitrogens with one attached hydrogen (secondary N) is 1. The van der Waals surface area contributed by atoms with Crippen molar-refractivity contribution in [2.24, 2.45) is 5.92 Å². The number of alkyl halides is 3. The van der Waals surface area contributed by atoms with Crippen molar-refractivity contribution in [2.45, 2.75) is 32.2 Å². The Balaban J connectivity index is 2.12. The van der Waals surface area contributed by atoms with E-state index in [9.17, 15) is 18.0 Å². The van der Waals surface area contributed by atoms with Crippen molar-refractivity contribution in [2.75, 3.05) is 11.1 Å². The molecule has 1 N–H and O–H groups in total. The van der Waals surface area contributed by atoms with E-state index in [0.717, 1.165) is 12.1 Å². The van der Waals surface area contributed by atoms with Gasteiger partial charge in [0.15, 0.2) is 0 Å². The van der Waals surface area contributed by atoms with Gasteiger partial charge in [-0.25, -0.2) is 4.68 Å². The molecule has 0 aliphatic carbocycles. The van der Waals surface area contributed by atoms with Gasteiger partial charge in [-0.1, -0.05) is 32.0 Å². The highest BCUT2D eigenvalue weighted by atomic mass is 32.2. The first kappa shape index (κ1) is 19.3. The topological polar surface area (TPSA) is 59.8 Å². The quantitative estimate of drug-likeness (QED) is 0.797. The minimum atomic E-state index is -4.34. The molecule has 1 atom stereocenters. The highest BCUT2D eigenvalue weighted by molar-refractivity contribution is 8.00. The molecule has 136 valence electrons. The largest absolute Gasteiger partial charge is 0.441 e. The SMILES string of the molecule is CCCc1nn(-c2cccnc2)cc1NC(=O)C(C)CSC(F)(F)F. The van der Waals surface area contributed by atoms with Crippen molar-refractivity contribution in [3.05, 3.63) is 36.4 Å². The number of halogens is 3. The fraction of sp³-hybridized carbons (Fsp3) is 0.438. The summed E-state index contributed by atoms with van der Waals surface area (Å²) in [5.74, 6) is -1.56. The van der Waals surface area contributed by atoms with Crippen LogP contribution in [0.1, 0.15) is 26.0 Å². The molecule has 0 saturated carbocycles. The second-order valence-electron chi connectivity index (χ2n) is 5.54. The van der Waals surface area contributed by atoms with Crippen LogP contribution >= 0.6 is 11.8 Å². The first-order chi connectivity index (χ1) is 11.8. The molecule has 2 rings (SSSR count). The van der Waals surface area contributed by atoms with E-state index in [4.69, 9.17) is 0 Å². The molecule has 0 aliphatic heterocycles. The summed E-state index contributed by atoms with van der Waals surface area (Å²) in [5, 5.41) is 7.14. The van der Waals surface area contributed by atoms with Crippen LogP contribution in [-0.4, -0.2) is 31.9 Å². The van der Waals surface area contributed by atoms with Gasteiger partial charge in [0.05, 0.1) is 29.5 Å². The van der Waals surface area contributed by atoms with Gasteiger partial charge < -0.3 is 5.32 Å². The van der Waals surface area contributed by atoms with Crippen LogP contribution in [0.5, 0.6) is 0 Å². The predicted molar refractivity (Wildman–Crippen MR) is 91.7 cm³/mol. The normalized spacial score (nSPS) is 12.8. The highest BCUT2D eigenvalue weighted by Gasteiger charge is 2.30. The molecule has 0 aromatic carbocycles. The van der Waals surface area contributed by atoms with Crippen LogP contribution in [0.4, 0.5) is 18.9 Å². The number of rotatable bonds is 7. The van der Waals surface area contributed by atoms with Gasteiger partial charge >= 0.3 is 5.51 Å². The Morgan fingerprint density at radius 1 is 1.44 bits per heavy atom. The molecule has 5 nitrogen and oxygen atoms in total. The molecule has 1 amide bonds. The van der Waals surface area contributed by atoms with Crippen molar-refractivity contribution in [1.82, 2.24) is 14.8 Å². The van der Waals surface area contributed by atoms with E-state index >= 15 is 0 Å². The van der Waals surface area contributed by atoms with Crippen molar-refractivity contribution in [3.63, 3.8) is 0 Å². The molecular formula is C16H19F3N4OS. The molecule has 0 bridgehead atoms. The van der Waals surface area contributed by atoms with Crippen molar-refractivity contribution in [1.29, 1.82) is 0 Å². The van der Waals surface area contributed by atoms with Gasteiger partial charge in [0.2, 0.25) is 5.91 Å². The van der Waals surface area contributed by atoms with Gasteiger partial charge in [-0.05, 0) is 18.6 Å². The molecule has 2 aromatic heterocycles. The molecule has 0 aliphatic rings. The first-order valence-corrected chi connectivity index (χ1v) is 8.79. The minimum absolute atomic E-state index is 0.193. The summed E-state index contributed by atoms with van der Waals surface area (Å²) in [7, 11) is 0. The third-order valence-electron chi connectivity index (χ3n) is 3.39.